The van der Waals surface area contributed by atoms with E-state index in [4.69, 9.17) is 0 Å². The monoisotopic (exact) mass is 292 g/mol. The average molecular weight is 292 g/mol. The van der Waals surface area contributed by atoms with Crippen molar-refractivity contribution < 1.29 is 0 Å². The Morgan fingerprint density at radius 1 is 1.24 bits per heavy atom. The summed E-state index contributed by atoms with van der Waals surface area (Å²) >= 11 is 0. The Balaban J connectivity index is 1.41. The van der Waals surface area contributed by atoms with Crippen molar-refractivity contribution in [2.45, 2.75) is 57.4 Å². The van der Waals surface area contributed by atoms with Gasteiger partial charge in [-0.3, -0.25) is 4.99 Å². The van der Waals surface area contributed by atoms with Crippen LogP contribution in [-0.2, 0) is 0 Å². The highest BCUT2D eigenvalue weighted by atomic mass is 15.3. The van der Waals surface area contributed by atoms with E-state index in [9.17, 15) is 0 Å². The van der Waals surface area contributed by atoms with Gasteiger partial charge >= 0.3 is 0 Å². The molecule has 2 aliphatic carbocycles. The summed E-state index contributed by atoms with van der Waals surface area (Å²) in [7, 11) is 4.20. The maximum Gasteiger partial charge on any atom is 0.193 e. The molecule has 0 bridgehead atoms. The number of aliphatic imine (C=N–C) groups is 1. The number of likely N-dealkylation sites (tertiary alicyclic amines) is 1. The quantitative estimate of drug-likeness (QED) is 0.637. The van der Waals surface area contributed by atoms with Gasteiger partial charge in [-0.2, -0.15) is 0 Å². The topological polar surface area (TPSA) is 30.9 Å². The SMILES string of the molecule is CN=C(NCCN(C)C1CCCC1)N1CCC2(CCC2)C1. The number of rotatable bonds is 4. The highest BCUT2D eigenvalue weighted by molar-refractivity contribution is 5.80. The number of likely N-dealkylation sites (N-methyl/N-ethyl adjacent to an activating group) is 1. The standard InChI is InChI=1S/C17H32N4/c1-18-16(21-12-10-17(14-21)8-5-9-17)19-11-13-20(2)15-6-3-4-7-15/h15H,3-14H2,1-2H3,(H,18,19). The molecular formula is C17H32N4. The van der Waals surface area contributed by atoms with Gasteiger partial charge in [0.15, 0.2) is 5.96 Å². The summed E-state index contributed by atoms with van der Waals surface area (Å²) in [4.78, 5) is 9.51. The van der Waals surface area contributed by atoms with E-state index in [1.807, 2.05) is 7.05 Å². The van der Waals surface area contributed by atoms with Crippen molar-refractivity contribution in [3.8, 4) is 0 Å². The number of hydrogen-bond donors (Lipinski definition) is 1. The molecule has 120 valence electrons. The van der Waals surface area contributed by atoms with Gasteiger partial charge in [-0.1, -0.05) is 19.3 Å². The third-order valence-corrected chi connectivity index (χ3v) is 6.06. The van der Waals surface area contributed by atoms with E-state index in [1.54, 1.807) is 0 Å². The van der Waals surface area contributed by atoms with Gasteiger partial charge in [-0.05, 0) is 44.6 Å². The van der Waals surface area contributed by atoms with E-state index in [0.717, 1.165) is 25.1 Å². The Kier molecular flexibility index (Phi) is 4.72. The summed E-state index contributed by atoms with van der Waals surface area (Å²) in [6.07, 6.45) is 11.3. The zero-order valence-corrected chi connectivity index (χ0v) is 13.9. The maximum atomic E-state index is 4.50. The molecule has 4 nitrogen and oxygen atoms in total. The van der Waals surface area contributed by atoms with Crippen molar-refractivity contribution >= 4 is 5.96 Å². The van der Waals surface area contributed by atoms with Gasteiger partial charge in [0.2, 0.25) is 0 Å². The molecule has 21 heavy (non-hydrogen) atoms. The molecule has 1 N–H and O–H groups in total. The van der Waals surface area contributed by atoms with Gasteiger partial charge in [0.05, 0.1) is 0 Å². The lowest BCUT2D eigenvalue weighted by molar-refractivity contribution is 0.151. The summed E-state index contributed by atoms with van der Waals surface area (Å²) in [6, 6.07) is 0.818. The van der Waals surface area contributed by atoms with Crippen molar-refractivity contribution in [1.82, 2.24) is 15.1 Å². The lowest BCUT2D eigenvalue weighted by Gasteiger charge is -2.38. The first kappa shape index (κ1) is 15.1. The largest absolute Gasteiger partial charge is 0.355 e. The molecule has 3 fully saturated rings. The van der Waals surface area contributed by atoms with Crippen LogP contribution in [0.1, 0.15) is 51.4 Å². The van der Waals surface area contributed by atoms with Crippen LogP contribution in [0.5, 0.6) is 0 Å². The summed E-state index contributed by atoms with van der Waals surface area (Å²) < 4.78 is 0. The Morgan fingerprint density at radius 2 is 2.00 bits per heavy atom. The molecule has 3 aliphatic rings. The van der Waals surface area contributed by atoms with E-state index < -0.39 is 0 Å². The van der Waals surface area contributed by atoms with E-state index in [1.165, 1.54) is 64.5 Å². The summed E-state index contributed by atoms with van der Waals surface area (Å²) in [5.41, 5.74) is 0.651. The fourth-order valence-corrected chi connectivity index (χ4v) is 4.40. The third kappa shape index (κ3) is 3.36. The zero-order valence-electron chi connectivity index (χ0n) is 13.9. The van der Waals surface area contributed by atoms with E-state index in [0.29, 0.717) is 5.41 Å². The predicted octanol–water partition coefficient (Wildman–Crippen LogP) is 2.31. The van der Waals surface area contributed by atoms with Gasteiger partial charge in [-0.25, -0.2) is 0 Å². The smallest absolute Gasteiger partial charge is 0.193 e. The molecule has 0 aromatic rings. The molecule has 1 saturated heterocycles. The second kappa shape index (κ2) is 6.55. The van der Waals surface area contributed by atoms with Gasteiger partial charge in [-0.15, -0.1) is 0 Å². The van der Waals surface area contributed by atoms with Crippen LogP contribution in [0, 0.1) is 5.41 Å². The molecule has 2 saturated carbocycles. The van der Waals surface area contributed by atoms with Crippen molar-refractivity contribution in [2.24, 2.45) is 10.4 Å². The van der Waals surface area contributed by atoms with Gasteiger partial charge in [0, 0.05) is 39.3 Å². The number of nitrogens with zero attached hydrogens (tertiary/aromatic N) is 3. The average Bonchev–Trinajstić information content (AvgIpc) is 3.11. The normalized spacial score (nSPS) is 25.9. The predicted molar refractivity (Wildman–Crippen MR) is 88.7 cm³/mol. The lowest BCUT2D eigenvalue weighted by Crippen LogP contribution is -2.45. The molecule has 0 unspecified atom stereocenters. The number of nitrogens with one attached hydrogen (secondary N) is 1. The molecule has 1 spiro atoms. The minimum Gasteiger partial charge on any atom is -0.355 e. The number of guanidine groups is 1. The van der Waals surface area contributed by atoms with Gasteiger partial charge in [0.25, 0.3) is 0 Å². The molecule has 1 aliphatic heterocycles. The van der Waals surface area contributed by atoms with Crippen LogP contribution in [0.25, 0.3) is 0 Å². The summed E-state index contributed by atoms with van der Waals surface area (Å²) in [5.74, 6) is 1.12. The lowest BCUT2D eigenvalue weighted by atomic mass is 9.68. The maximum absolute atomic E-state index is 4.50. The Hall–Kier alpha value is -0.770. The van der Waals surface area contributed by atoms with Crippen molar-refractivity contribution in [3.05, 3.63) is 0 Å². The molecule has 4 heteroatoms. The first-order chi connectivity index (χ1) is 10.2. The van der Waals surface area contributed by atoms with Crippen LogP contribution in [0.2, 0.25) is 0 Å². The second-order valence-electron chi connectivity index (χ2n) is 7.42. The Labute approximate surface area is 130 Å². The van der Waals surface area contributed by atoms with Crippen LogP contribution in [-0.4, -0.2) is 62.1 Å². The molecule has 0 amide bonds. The Morgan fingerprint density at radius 3 is 2.57 bits per heavy atom. The van der Waals surface area contributed by atoms with Gasteiger partial charge < -0.3 is 15.1 Å². The minimum absolute atomic E-state index is 0.651. The summed E-state index contributed by atoms with van der Waals surface area (Å²) in [6.45, 7) is 4.56. The van der Waals surface area contributed by atoms with Crippen LogP contribution in [0.3, 0.4) is 0 Å². The van der Waals surface area contributed by atoms with Crippen molar-refractivity contribution in [1.29, 1.82) is 0 Å². The highest BCUT2D eigenvalue weighted by Gasteiger charge is 2.43. The van der Waals surface area contributed by atoms with Crippen molar-refractivity contribution in [3.63, 3.8) is 0 Å². The van der Waals surface area contributed by atoms with Crippen molar-refractivity contribution in [2.75, 3.05) is 40.3 Å². The molecule has 0 radical (unpaired) electrons. The molecule has 3 rings (SSSR count). The minimum atomic E-state index is 0.651. The molecule has 0 atom stereocenters. The zero-order chi connectivity index (χ0) is 14.7. The van der Waals surface area contributed by atoms with Crippen LogP contribution < -0.4 is 5.32 Å². The fourth-order valence-electron chi connectivity index (χ4n) is 4.40. The van der Waals surface area contributed by atoms with E-state index in [2.05, 4.69) is 27.2 Å². The third-order valence-electron chi connectivity index (χ3n) is 6.06. The van der Waals surface area contributed by atoms with Gasteiger partial charge in [0.1, 0.15) is 0 Å². The van der Waals surface area contributed by atoms with Crippen LogP contribution >= 0.6 is 0 Å². The first-order valence-corrected chi connectivity index (χ1v) is 8.88. The highest BCUT2D eigenvalue weighted by Crippen LogP contribution is 2.47. The van der Waals surface area contributed by atoms with E-state index >= 15 is 0 Å². The van der Waals surface area contributed by atoms with E-state index in [-0.39, 0.29) is 0 Å². The summed E-state index contributed by atoms with van der Waals surface area (Å²) in [5, 5.41) is 3.59. The van der Waals surface area contributed by atoms with Crippen LogP contribution in [0.4, 0.5) is 0 Å². The Bertz CT molecular complexity index is 369. The fraction of sp³-hybridized carbons (Fsp3) is 0.941. The molecular weight excluding hydrogens is 260 g/mol. The first-order valence-electron chi connectivity index (χ1n) is 8.88. The number of hydrogen-bond acceptors (Lipinski definition) is 2. The molecule has 0 aromatic carbocycles. The van der Waals surface area contributed by atoms with Crippen LogP contribution in [0.15, 0.2) is 4.99 Å². The molecule has 1 heterocycles. The second-order valence-corrected chi connectivity index (χ2v) is 7.42. The molecule has 0 aromatic heterocycles.